The van der Waals surface area contributed by atoms with Crippen molar-refractivity contribution in [2.24, 2.45) is 4.99 Å². The zero-order valence-electron chi connectivity index (χ0n) is 10.2. The maximum Gasteiger partial charge on any atom is 0.201 e. The van der Waals surface area contributed by atoms with Crippen LogP contribution in [-0.4, -0.2) is 25.1 Å². The van der Waals surface area contributed by atoms with E-state index in [1.54, 1.807) is 0 Å². The number of rotatable bonds is 2. The smallest absolute Gasteiger partial charge is 0.201 e. The zero-order valence-corrected chi connectivity index (χ0v) is 11.0. The summed E-state index contributed by atoms with van der Waals surface area (Å²) in [6.45, 7) is 1.72. The Morgan fingerprint density at radius 1 is 1.22 bits per heavy atom. The van der Waals surface area contributed by atoms with Gasteiger partial charge in [0.1, 0.15) is 12.6 Å². The summed E-state index contributed by atoms with van der Waals surface area (Å²) >= 11 is 5.89. The van der Waals surface area contributed by atoms with Gasteiger partial charge in [-0.1, -0.05) is 30.2 Å². The van der Waals surface area contributed by atoms with Gasteiger partial charge >= 0.3 is 0 Å². The molecule has 1 saturated heterocycles. The van der Waals surface area contributed by atoms with Crippen molar-refractivity contribution in [3.05, 3.63) is 34.9 Å². The summed E-state index contributed by atoms with van der Waals surface area (Å²) in [7, 11) is 0. The second kappa shape index (κ2) is 5.29. The third-order valence-electron chi connectivity index (χ3n) is 3.54. The summed E-state index contributed by atoms with van der Waals surface area (Å²) in [5.41, 5.74) is 1.17. The predicted molar refractivity (Wildman–Crippen MR) is 73.2 cm³/mol. The Morgan fingerprint density at radius 2 is 2.06 bits per heavy atom. The summed E-state index contributed by atoms with van der Waals surface area (Å²) in [5.74, 6) is 0.884. The molecule has 3 nitrogen and oxygen atoms in total. The molecule has 4 heteroatoms. The summed E-state index contributed by atoms with van der Waals surface area (Å²) < 4.78 is 5.74. The number of hydrogen-bond acceptors (Lipinski definition) is 3. The van der Waals surface area contributed by atoms with Crippen LogP contribution in [0.1, 0.15) is 30.9 Å². The van der Waals surface area contributed by atoms with E-state index in [-0.39, 0.29) is 6.04 Å². The maximum absolute atomic E-state index is 5.89. The van der Waals surface area contributed by atoms with Crippen LogP contribution in [0.25, 0.3) is 0 Å². The van der Waals surface area contributed by atoms with E-state index in [0.29, 0.717) is 12.6 Å². The molecule has 1 N–H and O–H groups in total. The Labute approximate surface area is 112 Å². The number of halogens is 1. The molecule has 18 heavy (non-hydrogen) atoms. The normalized spacial score (nSPS) is 27.7. The molecule has 2 unspecified atom stereocenters. The fraction of sp³-hybridized carbons (Fsp3) is 0.500. The van der Waals surface area contributed by atoms with E-state index in [9.17, 15) is 0 Å². The highest BCUT2D eigenvalue weighted by molar-refractivity contribution is 6.30. The zero-order chi connectivity index (χ0) is 12.4. The van der Waals surface area contributed by atoms with Gasteiger partial charge in [0.2, 0.25) is 5.90 Å². The predicted octanol–water partition coefficient (Wildman–Crippen LogP) is 2.95. The number of benzene rings is 1. The molecule has 0 bridgehead atoms. The molecule has 0 spiro atoms. The van der Waals surface area contributed by atoms with Crippen molar-refractivity contribution in [2.45, 2.75) is 31.3 Å². The number of piperidine rings is 1. The van der Waals surface area contributed by atoms with Crippen LogP contribution in [-0.2, 0) is 4.74 Å². The molecule has 0 aliphatic carbocycles. The van der Waals surface area contributed by atoms with Crippen molar-refractivity contribution in [2.75, 3.05) is 13.2 Å². The standard InChI is InChI=1S/C14H17ClN2O/c15-11-6-4-10(5-7-11)13-9-18-14(17-13)12-3-1-2-8-16-12/h4-7,12-13,16H,1-3,8-9H2. The first-order valence-electron chi connectivity index (χ1n) is 6.52. The summed E-state index contributed by atoms with van der Waals surface area (Å²) in [6, 6.07) is 8.30. The van der Waals surface area contributed by atoms with E-state index in [2.05, 4.69) is 5.32 Å². The molecule has 2 heterocycles. The quantitative estimate of drug-likeness (QED) is 0.891. The number of hydrogen-bond donors (Lipinski definition) is 1. The van der Waals surface area contributed by atoms with Crippen LogP contribution in [0.3, 0.4) is 0 Å². The first-order chi connectivity index (χ1) is 8.83. The molecule has 2 aliphatic heterocycles. The lowest BCUT2D eigenvalue weighted by atomic mass is 10.1. The number of nitrogens with zero attached hydrogens (tertiary/aromatic N) is 1. The van der Waals surface area contributed by atoms with Crippen molar-refractivity contribution in [1.82, 2.24) is 5.32 Å². The first-order valence-corrected chi connectivity index (χ1v) is 6.90. The van der Waals surface area contributed by atoms with Crippen LogP contribution in [0.2, 0.25) is 5.02 Å². The molecule has 0 amide bonds. The average molecular weight is 265 g/mol. The molecule has 0 aromatic heterocycles. The first kappa shape index (κ1) is 12.0. The largest absolute Gasteiger partial charge is 0.477 e. The van der Waals surface area contributed by atoms with E-state index < -0.39 is 0 Å². The van der Waals surface area contributed by atoms with Gasteiger partial charge < -0.3 is 10.1 Å². The monoisotopic (exact) mass is 264 g/mol. The lowest BCUT2D eigenvalue weighted by molar-refractivity contribution is 0.293. The maximum atomic E-state index is 5.89. The Balaban J connectivity index is 1.72. The van der Waals surface area contributed by atoms with E-state index in [1.807, 2.05) is 24.3 Å². The molecule has 0 radical (unpaired) electrons. The molecule has 3 rings (SSSR count). The average Bonchev–Trinajstić information content (AvgIpc) is 2.90. The van der Waals surface area contributed by atoms with E-state index >= 15 is 0 Å². The summed E-state index contributed by atoms with van der Waals surface area (Å²) in [6.07, 6.45) is 3.64. The van der Waals surface area contributed by atoms with Gasteiger partial charge in [-0.2, -0.15) is 0 Å². The van der Waals surface area contributed by atoms with E-state index in [1.165, 1.54) is 18.4 Å². The third kappa shape index (κ3) is 2.52. The van der Waals surface area contributed by atoms with Gasteiger partial charge in [0, 0.05) is 5.02 Å². The molecule has 1 aromatic carbocycles. The molecular weight excluding hydrogens is 248 g/mol. The fourth-order valence-corrected chi connectivity index (χ4v) is 2.63. The molecule has 1 aromatic rings. The van der Waals surface area contributed by atoms with Crippen molar-refractivity contribution >= 4 is 17.5 Å². The highest BCUT2D eigenvalue weighted by Gasteiger charge is 2.27. The second-order valence-electron chi connectivity index (χ2n) is 4.85. The minimum atomic E-state index is 0.126. The van der Waals surface area contributed by atoms with Crippen molar-refractivity contribution < 1.29 is 4.74 Å². The Bertz CT molecular complexity index is 438. The third-order valence-corrected chi connectivity index (χ3v) is 3.79. The van der Waals surface area contributed by atoms with Crippen molar-refractivity contribution in [1.29, 1.82) is 0 Å². The van der Waals surface area contributed by atoms with Gasteiger partial charge in [0.05, 0.1) is 6.04 Å². The van der Waals surface area contributed by atoms with Crippen LogP contribution in [0, 0.1) is 0 Å². The van der Waals surface area contributed by atoms with E-state index in [4.69, 9.17) is 21.3 Å². The highest BCUT2D eigenvalue weighted by Crippen LogP contribution is 2.26. The lowest BCUT2D eigenvalue weighted by Crippen LogP contribution is -2.40. The van der Waals surface area contributed by atoms with Gasteiger partial charge in [0.15, 0.2) is 0 Å². The minimum absolute atomic E-state index is 0.126. The highest BCUT2D eigenvalue weighted by atomic mass is 35.5. The molecular formula is C14H17ClN2O. The summed E-state index contributed by atoms with van der Waals surface area (Å²) in [5, 5.41) is 4.23. The number of nitrogens with one attached hydrogen (secondary N) is 1. The second-order valence-corrected chi connectivity index (χ2v) is 5.28. The van der Waals surface area contributed by atoms with Crippen LogP contribution < -0.4 is 5.32 Å². The van der Waals surface area contributed by atoms with Gasteiger partial charge in [-0.05, 0) is 37.1 Å². The Hall–Kier alpha value is -1.06. The van der Waals surface area contributed by atoms with Crippen LogP contribution in [0.4, 0.5) is 0 Å². The van der Waals surface area contributed by atoms with E-state index in [0.717, 1.165) is 23.9 Å². The van der Waals surface area contributed by atoms with Gasteiger partial charge in [0.25, 0.3) is 0 Å². The lowest BCUT2D eigenvalue weighted by Gasteiger charge is -2.22. The van der Waals surface area contributed by atoms with Crippen LogP contribution in [0.15, 0.2) is 29.3 Å². The molecule has 96 valence electrons. The number of aliphatic imine (C=N–C) groups is 1. The topological polar surface area (TPSA) is 33.6 Å². The molecule has 1 fully saturated rings. The Morgan fingerprint density at radius 3 is 2.78 bits per heavy atom. The fourth-order valence-electron chi connectivity index (χ4n) is 2.50. The molecule has 2 atom stereocenters. The van der Waals surface area contributed by atoms with Crippen molar-refractivity contribution in [3.63, 3.8) is 0 Å². The number of ether oxygens (including phenoxy) is 1. The molecule has 0 saturated carbocycles. The minimum Gasteiger partial charge on any atom is -0.477 e. The van der Waals surface area contributed by atoms with Gasteiger partial charge in [-0.25, -0.2) is 4.99 Å². The Kier molecular flexibility index (Phi) is 3.52. The molecule has 2 aliphatic rings. The van der Waals surface area contributed by atoms with Gasteiger partial charge in [-0.15, -0.1) is 0 Å². The SMILES string of the molecule is Clc1ccc(C2COC(C3CCCCN3)=N2)cc1. The van der Waals surface area contributed by atoms with Crippen molar-refractivity contribution in [3.8, 4) is 0 Å². The van der Waals surface area contributed by atoms with Crippen LogP contribution in [0.5, 0.6) is 0 Å². The summed E-state index contributed by atoms with van der Waals surface area (Å²) in [4.78, 5) is 4.70. The van der Waals surface area contributed by atoms with Crippen LogP contribution >= 0.6 is 11.6 Å². The van der Waals surface area contributed by atoms with Gasteiger partial charge in [-0.3, -0.25) is 0 Å².